The van der Waals surface area contributed by atoms with Gasteiger partial charge in [-0.1, -0.05) is 56.3 Å². The van der Waals surface area contributed by atoms with Crippen LogP contribution >= 0.6 is 0 Å². The van der Waals surface area contributed by atoms with Crippen molar-refractivity contribution >= 4 is 11.0 Å². The van der Waals surface area contributed by atoms with E-state index in [2.05, 4.69) is 34.8 Å². The van der Waals surface area contributed by atoms with Crippen molar-refractivity contribution in [3.05, 3.63) is 54.6 Å². The summed E-state index contributed by atoms with van der Waals surface area (Å²) in [7, 11) is 2.05. The fraction of sp³-hybridized carbons (Fsp3) is 0.188. The Morgan fingerprint density at radius 2 is 1.44 bits per heavy atom. The molecule has 0 radical (unpaired) electrons. The summed E-state index contributed by atoms with van der Waals surface area (Å²) in [5.41, 5.74) is 3.37. The Balaban J connectivity index is 0.000000574. The molecular formula is C16H18N2. The molecule has 0 spiro atoms. The third-order valence-electron chi connectivity index (χ3n) is 2.82. The van der Waals surface area contributed by atoms with E-state index in [1.165, 1.54) is 5.52 Å². The van der Waals surface area contributed by atoms with Gasteiger partial charge in [-0.15, -0.1) is 0 Å². The number of benzene rings is 2. The minimum Gasteiger partial charge on any atom is -0.327 e. The van der Waals surface area contributed by atoms with E-state index in [9.17, 15) is 0 Å². The number of imidazole rings is 1. The van der Waals surface area contributed by atoms with Crippen molar-refractivity contribution in [1.29, 1.82) is 0 Å². The molecular weight excluding hydrogens is 220 g/mol. The van der Waals surface area contributed by atoms with Crippen LogP contribution in [0.2, 0.25) is 0 Å². The van der Waals surface area contributed by atoms with Crippen molar-refractivity contribution < 1.29 is 0 Å². The van der Waals surface area contributed by atoms with Gasteiger partial charge in [-0.2, -0.15) is 0 Å². The molecule has 2 heteroatoms. The zero-order valence-corrected chi connectivity index (χ0v) is 11.1. The number of hydrogen-bond acceptors (Lipinski definition) is 1. The van der Waals surface area contributed by atoms with Crippen LogP contribution in [0.25, 0.3) is 22.4 Å². The van der Waals surface area contributed by atoms with Crippen LogP contribution in [0.4, 0.5) is 0 Å². The summed E-state index contributed by atoms with van der Waals surface area (Å²) >= 11 is 0. The monoisotopic (exact) mass is 238 g/mol. The molecule has 1 heterocycles. The van der Waals surface area contributed by atoms with Gasteiger partial charge in [0.2, 0.25) is 0 Å². The molecule has 2 nitrogen and oxygen atoms in total. The van der Waals surface area contributed by atoms with E-state index in [-0.39, 0.29) is 0 Å². The van der Waals surface area contributed by atoms with Crippen LogP contribution in [0.5, 0.6) is 0 Å². The zero-order valence-electron chi connectivity index (χ0n) is 11.1. The van der Waals surface area contributed by atoms with E-state index in [1.54, 1.807) is 0 Å². The quantitative estimate of drug-likeness (QED) is 0.619. The number of aryl methyl sites for hydroxylation is 1. The summed E-state index contributed by atoms with van der Waals surface area (Å²) in [6.07, 6.45) is 0. The van der Waals surface area contributed by atoms with Crippen molar-refractivity contribution in [2.45, 2.75) is 13.8 Å². The molecule has 0 fully saturated rings. The predicted octanol–water partition coefficient (Wildman–Crippen LogP) is 4.27. The molecule has 0 aliphatic carbocycles. The number of aromatic nitrogens is 2. The predicted molar refractivity (Wildman–Crippen MR) is 77.5 cm³/mol. The highest BCUT2D eigenvalue weighted by Crippen LogP contribution is 2.22. The highest BCUT2D eigenvalue weighted by atomic mass is 15.1. The van der Waals surface area contributed by atoms with Gasteiger partial charge in [0, 0.05) is 12.6 Å². The summed E-state index contributed by atoms with van der Waals surface area (Å²) in [4.78, 5) is 4.65. The lowest BCUT2D eigenvalue weighted by molar-refractivity contribution is 0.959. The Morgan fingerprint density at radius 1 is 0.833 bits per heavy atom. The first-order valence-electron chi connectivity index (χ1n) is 6.33. The summed E-state index contributed by atoms with van der Waals surface area (Å²) in [6.45, 7) is 4.00. The van der Waals surface area contributed by atoms with Crippen molar-refractivity contribution in [2.75, 3.05) is 0 Å². The summed E-state index contributed by atoms with van der Waals surface area (Å²) in [6, 6.07) is 18.5. The second-order valence-electron chi connectivity index (χ2n) is 3.85. The molecule has 92 valence electrons. The maximum Gasteiger partial charge on any atom is 0.140 e. The Labute approximate surface area is 108 Å². The van der Waals surface area contributed by atoms with Gasteiger partial charge in [0.25, 0.3) is 0 Å². The molecule has 0 saturated carbocycles. The lowest BCUT2D eigenvalue weighted by Gasteiger charge is -2.01. The molecule has 3 aromatic rings. The lowest BCUT2D eigenvalue weighted by atomic mass is 10.2. The number of rotatable bonds is 1. The maximum atomic E-state index is 4.65. The van der Waals surface area contributed by atoms with E-state index in [0.29, 0.717) is 0 Å². The summed E-state index contributed by atoms with van der Waals surface area (Å²) in [5, 5.41) is 0. The van der Waals surface area contributed by atoms with Crippen LogP contribution in [-0.4, -0.2) is 9.55 Å². The first kappa shape index (κ1) is 12.4. The zero-order chi connectivity index (χ0) is 13.0. The van der Waals surface area contributed by atoms with E-state index in [1.807, 2.05) is 50.2 Å². The Kier molecular flexibility index (Phi) is 3.78. The Morgan fingerprint density at radius 3 is 2.11 bits per heavy atom. The number of nitrogens with zero attached hydrogens (tertiary/aromatic N) is 2. The third kappa shape index (κ3) is 2.14. The molecule has 0 N–H and O–H groups in total. The molecule has 18 heavy (non-hydrogen) atoms. The molecule has 2 aromatic carbocycles. The average molecular weight is 238 g/mol. The second kappa shape index (κ2) is 5.50. The minimum absolute atomic E-state index is 1.02. The van der Waals surface area contributed by atoms with Gasteiger partial charge in [0.15, 0.2) is 0 Å². The van der Waals surface area contributed by atoms with Gasteiger partial charge >= 0.3 is 0 Å². The topological polar surface area (TPSA) is 17.8 Å². The molecule has 0 atom stereocenters. The molecule has 0 saturated heterocycles. The van der Waals surface area contributed by atoms with Crippen LogP contribution in [0.3, 0.4) is 0 Å². The molecule has 0 bridgehead atoms. The first-order chi connectivity index (χ1) is 8.86. The van der Waals surface area contributed by atoms with E-state index >= 15 is 0 Å². The van der Waals surface area contributed by atoms with Gasteiger partial charge in [-0.3, -0.25) is 0 Å². The average Bonchev–Trinajstić information content (AvgIpc) is 2.80. The maximum absolute atomic E-state index is 4.65. The van der Waals surface area contributed by atoms with E-state index in [0.717, 1.165) is 16.9 Å². The van der Waals surface area contributed by atoms with Gasteiger partial charge in [-0.25, -0.2) is 4.98 Å². The molecule has 1 aromatic heterocycles. The fourth-order valence-corrected chi connectivity index (χ4v) is 1.99. The minimum atomic E-state index is 1.02. The van der Waals surface area contributed by atoms with Crippen LogP contribution in [0.15, 0.2) is 54.6 Å². The van der Waals surface area contributed by atoms with Crippen LogP contribution in [0, 0.1) is 0 Å². The fourth-order valence-electron chi connectivity index (χ4n) is 1.99. The number of para-hydroxylation sites is 2. The molecule has 0 aliphatic heterocycles. The second-order valence-corrected chi connectivity index (χ2v) is 3.85. The van der Waals surface area contributed by atoms with Gasteiger partial charge in [-0.05, 0) is 12.1 Å². The van der Waals surface area contributed by atoms with Gasteiger partial charge in [0.1, 0.15) is 5.82 Å². The van der Waals surface area contributed by atoms with Crippen LogP contribution in [0.1, 0.15) is 13.8 Å². The van der Waals surface area contributed by atoms with Crippen molar-refractivity contribution in [2.24, 2.45) is 7.05 Å². The highest BCUT2D eigenvalue weighted by molar-refractivity contribution is 5.80. The van der Waals surface area contributed by atoms with Gasteiger partial charge in [0.05, 0.1) is 11.0 Å². The lowest BCUT2D eigenvalue weighted by Crippen LogP contribution is -1.91. The first-order valence-corrected chi connectivity index (χ1v) is 6.33. The third-order valence-corrected chi connectivity index (χ3v) is 2.82. The Bertz CT molecular complexity index is 624. The van der Waals surface area contributed by atoms with Crippen molar-refractivity contribution in [1.82, 2.24) is 9.55 Å². The number of hydrogen-bond donors (Lipinski definition) is 0. The van der Waals surface area contributed by atoms with Crippen LogP contribution in [-0.2, 0) is 7.05 Å². The molecule has 3 rings (SSSR count). The van der Waals surface area contributed by atoms with E-state index < -0.39 is 0 Å². The number of fused-ring (bicyclic) bond motifs is 1. The van der Waals surface area contributed by atoms with Crippen LogP contribution < -0.4 is 0 Å². The summed E-state index contributed by atoms with van der Waals surface area (Å²) < 4.78 is 2.13. The summed E-state index contributed by atoms with van der Waals surface area (Å²) in [5.74, 6) is 1.02. The smallest absolute Gasteiger partial charge is 0.140 e. The largest absolute Gasteiger partial charge is 0.327 e. The Hall–Kier alpha value is -2.09. The SMILES string of the molecule is CC.Cn1c(-c2ccccc2)nc2ccccc21. The van der Waals surface area contributed by atoms with Crippen molar-refractivity contribution in [3.8, 4) is 11.4 Å². The molecule has 0 unspecified atom stereocenters. The highest BCUT2D eigenvalue weighted by Gasteiger charge is 2.07. The standard InChI is InChI=1S/C14H12N2.C2H6/c1-16-13-10-6-5-9-12(13)15-14(16)11-7-3-2-4-8-11;1-2/h2-10H,1H3;1-2H3. The van der Waals surface area contributed by atoms with Crippen molar-refractivity contribution in [3.63, 3.8) is 0 Å². The molecule has 0 aliphatic rings. The normalized spacial score (nSPS) is 9.94. The van der Waals surface area contributed by atoms with Gasteiger partial charge < -0.3 is 4.57 Å². The van der Waals surface area contributed by atoms with E-state index in [4.69, 9.17) is 0 Å². The molecule has 0 amide bonds.